The Hall–Kier alpha value is -3.72. The van der Waals surface area contributed by atoms with E-state index in [0.29, 0.717) is 31.2 Å². The zero-order valence-corrected chi connectivity index (χ0v) is 19.4. The zero-order valence-electron chi connectivity index (χ0n) is 19.4. The Balaban J connectivity index is 1.47. The van der Waals surface area contributed by atoms with E-state index in [-0.39, 0.29) is 18.8 Å². The minimum absolute atomic E-state index is 0.0283. The Morgan fingerprint density at radius 1 is 1.25 bits per heavy atom. The number of nitrogens with zero attached hydrogens (tertiary/aromatic N) is 2. The Labute approximate surface area is 206 Å². The normalized spacial score (nSPS) is 23.1. The third kappa shape index (κ3) is 5.91. The maximum absolute atomic E-state index is 15.0. The van der Waals surface area contributed by atoms with Crippen LogP contribution < -0.4 is 16.1 Å². The van der Waals surface area contributed by atoms with E-state index in [1.54, 1.807) is 30.3 Å². The summed E-state index contributed by atoms with van der Waals surface area (Å²) in [5.41, 5.74) is 0.405. The van der Waals surface area contributed by atoms with Crippen LogP contribution in [0.2, 0.25) is 0 Å². The number of alkyl halides is 2. The van der Waals surface area contributed by atoms with E-state index in [2.05, 4.69) is 16.1 Å². The van der Waals surface area contributed by atoms with Crippen LogP contribution in [0.3, 0.4) is 0 Å². The second-order valence-electron chi connectivity index (χ2n) is 9.56. The molecule has 1 aliphatic carbocycles. The minimum atomic E-state index is -3.32. The summed E-state index contributed by atoms with van der Waals surface area (Å²) in [5, 5.41) is 23.4. The van der Waals surface area contributed by atoms with Gasteiger partial charge in [-0.2, -0.15) is 5.26 Å². The molecule has 4 N–H and O–H groups in total. The number of halogens is 2. The third-order valence-electron chi connectivity index (χ3n) is 6.52. The quantitative estimate of drug-likeness (QED) is 0.424. The third-order valence-corrected chi connectivity index (χ3v) is 6.52. The van der Waals surface area contributed by atoms with Crippen molar-refractivity contribution in [1.82, 2.24) is 21.0 Å². The average molecular weight is 504 g/mol. The highest BCUT2D eigenvalue weighted by atomic mass is 19.3. The first-order valence-electron chi connectivity index (χ1n) is 11.7. The van der Waals surface area contributed by atoms with Crippen molar-refractivity contribution in [3.8, 4) is 6.07 Å². The van der Waals surface area contributed by atoms with Crippen LogP contribution in [-0.4, -0.2) is 64.1 Å². The number of piperidine rings is 1. The molecule has 12 heteroatoms. The molecule has 36 heavy (non-hydrogen) atoms. The van der Waals surface area contributed by atoms with E-state index in [0.717, 1.165) is 0 Å². The summed E-state index contributed by atoms with van der Waals surface area (Å²) in [5.74, 6) is -5.38. The monoisotopic (exact) mass is 503 g/mol. The number of rotatable bonds is 8. The van der Waals surface area contributed by atoms with Gasteiger partial charge in [-0.1, -0.05) is 30.3 Å². The van der Waals surface area contributed by atoms with Crippen molar-refractivity contribution in [2.45, 2.75) is 61.6 Å². The molecule has 3 aliphatic rings. The lowest BCUT2D eigenvalue weighted by Gasteiger charge is -2.38. The number of hydrogen-bond donors (Lipinski definition) is 4. The van der Waals surface area contributed by atoms with Gasteiger partial charge in [0, 0.05) is 19.4 Å². The molecule has 4 rings (SSSR count). The van der Waals surface area contributed by atoms with Gasteiger partial charge in [0.05, 0.1) is 12.6 Å². The molecule has 1 saturated carbocycles. The Morgan fingerprint density at radius 3 is 2.58 bits per heavy atom. The SMILES string of the molecule is N#CC1(NC(=O)C(CC(F)(F)Cc2ccccc2)NC(=O)N2CCCC3(C=C(C(=O)O)NO3)C2)CC1. The van der Waals surface area contributed by atoms with E-state index in [4.69, 9.17) is 4.84 Å². The summed E-state index contributed by atoms with van der Waals surface area (Å²) in [4.78, 5) is 44.0. The number of aliphatic carboxylic acids is 1. The maximum Gasteiger partial charge on any atom is 0.354 e. The summed E-state index contributed by atoms with van der Waals surface area (Å²) in [6.07, 6.45) is 1.55. The summed E-state index contributed by atoms with van der Waals surface area (Å²) >= 11 is 0. The van der Waals surface area contributed by atoms with Crippen LogP contribution in [0.15, 0.2) is 42.1 Å². The highest BCUT2D eigenvalue weighted by Crippen LogP contribution is 2.35. The van der Waals surface area contributed by atoms with E-state index in [9.17, 15) is 24.8 Å². The first-order chi connectivity index (χ1) is 17.0. The van der Waals surface area contributed by atoms with Gasteiger partial charge in [0.15, 0.2) is 0 Å². The second-order valence-corrected chi connectivity index (χ2v) is 9.56. The standard InChI is InChI=1S/C24H27F2N5O5/c25-24(26,11-16-5-2-1-3-6-16)13-17(19(32)29-22(14-27)8-9-22)28-21(35)31-10-4-7-23(15-31)12-18(20(33)34)30-36-23/h1-3,5-6,12,17,30H,4,7-11,13,15H2,(H,28,35)(H,29,32)(H,33,34). The topological polar surface area (TPSA) is 144 Å². The summed E-state index contributed by atoms with van der Waals surface area (Å²) in [7, 11) is 0. The van der Waals surface area contributed by atoms with Gasteiger partial charge < -0.3 is 20.6 Å². The fraction of sp³-hybridized carbons (Fsp3) is 0.500. The van der Waals surface area contributed by atoms with E-state index in [1.807, 2.05) is 6.07 Å². The Morgan fingerprint density at radius 2 is 1.97 bits per heavy atom. The molecule has 0 aromatic heterocycles. The first-order valence-corrected chi connectivity index (χ1v) is 11.7. The van der Waals surface area contributed by atoms with Crippen LogP contribution >= 0.6 is 0 Å². The number of likely N-dealkylation sites (tertiary alicyclic amines) is 1. The van der Waals surface area contributed by atoms with Gasteiger partial charge in [-0.15, -0.1) is 0 Å². The predicted octanol–water partition coefficient (Wildman–Crippen LogP) is 1.84. The van der Waals surface area contributed by atoms with Crippen LogP contribution in [0.1, 0.15) is 37.7 Å². The molecular weight excluding hydrogens is 476 g/mol. The highest BCUT2D eigenvalue weighted by molar-refractivity contribution is 5.88. The van der Waals surface area contributed by atoms with Crippen LogP contribution in [0.5, 0.6) is 0 Å². The van der Waals surface area contributed by atoms with Crippen LogP contribution in [-0.2, 0) is 20.8 Å². The number of benzene rings is 1. The fourth-order valence-electron chi connectivity index (χ4n) is 4.44. The number of urea groups is 1. The molecule has 2 heterocycles. The molecule has 10 nitrogen and oxygen atoms in total. The molecule has 0 bridgehead atoms. The van der Waals surface area contributed by atoms with Gasteiger partial charge in [-0.05, 0) is 37.3 Å². The van der Waals surface area contributed by atoms with Gasteiger partial charge in [0.2, 0.25) is 5.91 Å². The van der Waals surface area contributed by atoms with E-state index >= 15 is 8.78 Å². The molecule has 0 radical (unpaired) electrons. The zero-order chi connectivity index (χ0) is 26.0. The molecule has 2 fully saturated rings. The largest absolute Gasteiger partial charge is 0.477 e. The summed E-state index contributed by atoms with van der Waals surface area (Å²) < 4.78 is 30.0. The average Bonchev–Trinajstić information content (AvgIpc) is 3.49. The van der Waals surface area contributed by atoms with Crippen LogP contribution in [0, 0.1) is 11.3 Å². The predicted molar refractivity (Wildman–Crippen MR) is 121 cm³/mol. The molecule has 1 saturated heterocycles. The molecule has 192 valence electrons. The van der Waals surface area contributed by atoms with Crippen molar-refractivity contribution < 1.29 is 33.1 Å². The van der Waals surface area contributed by atoms with Crippen molar-refractivity contribution >= 4 is 17.9 Å². The van der Waals surface area contributed by atoms with Crippen LogP contribution in [0.25, 0.3) is 0 Å². The lowest BCUT2D eigenvalue weighted by atomic mass is 9.92. The van der Waals surface area contributed by atoms with Gasteiger partial charge in [0.25, 0.3) is 5.92 Å². The fourth-order valence-corrected chi connectivity index (χ4v) is 4.44. The first kappa shape index (κ1) is 25.4. The van der Waals surface area contributed by atoms with Gasteiger partial charge in [-0.25, -0.2) is 18.4 Å². The number of hydrogen-bond acceptors (Lipinski definition) is 6. The van der Waals surface area contributed by atoms with Crippen molar-refractivity contribution in [3.05, 3.63) is 47.7 Å². The molecule has 1 aromatic carbocycles. The molecule has 2 aliphatic heterocycles. The second kappa shape index (κ2) is 9.73. The number of nitriles is 1. The summed E-state index contributed by atoms with van der Waals surface area (Å²) in [6.45, 7) is 0.240. The number of nitrogens with one attached hydrogen (secondary N) is 3. The number of carboxylic acid groups (broad SMARTS) is 1. The van der Waals surface area contributed by atoms with Crippen LogP contribution in [0.4, 0.5) is 13.6 Å². The number of carboxylic acids is 1. The minimum Gasteiger partial charge on any atom is -0.477 e. The molecular formula is C24H27F2N5O5. The van der Waals surface area contributed by atoms with Crippen molar-refractivity contribution in [1.29, 1.82) is 5.26 Å². The maximum atomic E-state index is 15.0. The van der Waals surface area contributed by atoms with Gasteiger partial charge in [0.1, 0.15) is 22.9 Å². The number of hydroxylamine groups is 1. The molecule has 2 unspecified atom stereocenters. The lowest BCUT2D eigenvalue weighted by Crippen LogP contribution is -2.58. The Bertz CT molecular complexity index is 1100. The molecule has 1 aromatic rings. The van der Waals surface area contributed by atoms with E-state index in [1.165, 1.54) is 11.0 Å². The number of carbonyl (C=O) groups is 3. The number of carbonyl (C=O) groups excluding carboxylic acids is 2. The Kier molecular flexibility index (Phi) is 6.86. The van der Waals surface area contributed by atoms with Crippen molar-refractivity contribution in [2.75, 3.05) is 13.1 Å². The van der Waals surface area contributed by atoms with Gasteiger partial charge >= 0.3 is 12.0 Å². The molecule has 2 atom stereocenters. The molecule has 3 amide bonds. The van der Waals surface area contributed by atoms with Crippen molar-refractivity contribution in [2.24, 2.45) is 0 Å². The summed E-state index contributed by atoms with van der Waals surface area (Å²) in [6, 6.07) is 7.72. The van der Waals surface area contributed by atoms with Gasteiger partial charge in [-0.3, -0.25) is 15.1 Å². The highest BCUT2D eigenvalue weighted by Gasteiger charge is 2.48. The smallest absolute Gasteiger partial charge is 0.354 e. The molecule has 1 spiro atoms. The lowest BCUT2D eigenvalue weighted by molar-refractivity contribution is -0.135. The van der Waals surface area contributed by atoms with Crippen molar-refractivity contribution in [3.63, 3.8) is 0 Å². The van der Waals surface area contributed by atoms with E-state index < -0.39 is 53.9 Å². The number of amides is 3.